The van der Waals surface area contributed by atoms with Crippen molar-refractivity contribution in [1.82, 2.24) is 5.32 Å². The summed E-state index contributed by atoms with van der Waals surface area (Å²) in [5, 5.41) is 5.09. The minimum absolute atomic E-state index is 0.00103. The Morgan fingerprint density at radius 3 is 2.72 bits per heavy atom. The predicted octanol–water partition coefficient (Wildman–Crippen LogP) is 2.52. The Morgan fingerprint density at radius 1 is 1.17 bits per heavy atom. The number of rotatable bonds is 4. The molecule has 2 rings (SSSR count). The number of carbonyl (C=O) groups excluding carboxylic acids is 1. The van der Waals surface area contributed by atoms with Gasteiger partial charge < -0.3 is 5.32 Å². The van der Waals surface area contributed by atoms with Gasteiger partial charge in [0, 0.05) is 6.42 Å². The largest absolute Gasteiger partial charge is 0.345 e. The number of amides is 1. The fraction of sp³-hybridized carbons (Fsp3) is 0.188. The zero-order valence-corrected chi connectivity index (χ0v) is 10.1. The molecule has 2 aromatic carbocycles. The molecule has 90 valence electrons. The molecule has 0 saturated carbocycles. The normalized spacial score (nSPS) is 9.94. The number of benzene rings is 2. The lowest BCUT2D eigenvalue weighted by atomic mass is 10.0. The van der Waals surface area contributed by atoms with Gasteiger partial charge in [-0.25, -0.2) is 0 Å². The second kappa shape index (κ2) is 5.88. The first-order valence-corrected chi connectivity index (χ1v) is 5.97. The molecular formula is C16H15NO. The highest BCUT2D eigenvalue weighted by Gasteiger charge is 2.01. The molecule has 1 amide bonds. The average Bonchev–Trinajstić information content (AvgIpc) is 2.42. The fourth-order valence-corrected chi connectivity index (χ4v) is 1.89. The van der Waals surface area contributed by atoms with Crippen molar-refractivity contribution >= 4 is 16.7 Å². The Balaban J connectivity index is 2.00. The Bertz CT molecular complexity index is 595. The number of hydrogen-bond donors (Lipinski definition) is 1. The molecule has 0 aliphatic heterocycles. The topological polar surface area (TPSA) is 29.1 Å². The summed E-state index contributed by atoms with van der Waals surface area (Å²) in [5.41, 5.74) is 1.17. The number of fused-ring (bicyclic) bond motifs is 1. The zero-order valence-electron chi connectivity index (χ0n) is 10.1. The molecule has 0 spiro atoms. The Morgan fingerprint density at radius 2 is 1.94 bits per heavy atom. The summed E-state index contributed by atoms with van der Waals surface area (Å²) in [6, 6.07) is 14.5. The second-order valence-corrected chi connectivity index (χ2v) is 4.16. The smallest absolute Gasteiger partial charge is 0.221 e. The number of hydrogen-bond acceptors (Lipinski definition) is 1. The third kappa shape index (κ3) is 3.11. The van der Waals surface area contributed by atoms with Crippen LogP contribution in [0.25, 0.3) is 10.8 Å². The minimum atomic E-state index is 0.00103. The summed E-state index contributed by atoms with van der Waals surface area (Å²) in [6.45, 7) is 0.302. The van der Waals surface area contributed by atoms with E-state index in [1.165, 1.54) is 16.3 Å². The maximum Gasteiger partial charge on any atom is 0.221 e. The average molecular weight is 237 g/mol. The first-order chi connectivity index (χ1) is 8.79. The molecule has 1 N–H and O–H groups in total. The molecule has 18 heavy (non-hydrogen) atoms. The first kappa shape index (κ1) is 12.2. The van der Waals surface area contributed by atoms with E-state index in [9.17, 15) is 4.79 Å². The quantitative estimate of drug-likeness (QED) is 0.813. The van der Waals surface area contributed by atoms with E-state index in [-0.39, 0.29) is 5.91 Å². The molecule has 2 nitrogen and oxygen atoms in total. The van der Waals surface area contributed by atoms with Gasteiger partial charge in [-0.3, -0.25) is 4.79 Å². The molecule has 0 bridgehead atoms. The molecule has 0 aliphatic rings. The molecule has 0 heterocycles. The van der Waals surface area contributed by atoms with Crippen molar-refractivity contribution in [1.29, 1.82) is 0 Å². The number of nitrogens with one attached hydrogen (secondary N) is 1. The van der Waals surface area contributed by atoms with Crippen LogP contribution in [0.4, 0.5) is 0 Å². The van der Waals surface area contributed by atoms with Crippen LogP contribution in [0, 0.1) is 12.3 Å². The van der Waals surface area contributed by atoms with Crippen LogP contribution < -0.4 is 5.32 Å². The molecule has 0 saturated heterocycles. The number of aryl methyl sites for hydroxylation is 1. The van der Waals surface area contributed by atoms with E-state index in [4.69, 9.17) is 6.42 Å². The van der Waals surface area contributed by atoms with Crippen LogP contribution in [0.2, 0.25) is 0 Å². The molecule has 0 unspecified atom stereocenters. The van der Waals surface area contributed by atoms with Gasteiger partial charge in [-0.15, -0.1) is 6.42 Å². The van der Waals surface area contributed by atoms with Crippen molar-refractivity contribution in [2.45, 2.75) is 12.8 Å². The van der Waals surface area contributed by atoms with E-state index in [0.717, 1.165) is 6.42 Å². The van der Waals surface area contributed by atoms with Crippen LogP contribution in [-0.2, 0) is 11.2 Å². The third-order valence-electron chi connectivity index (χ3n) is 2.84. The van der Waals surface area contributed by atoms with E-state index in [1.807, 2.05) is 12.1 Å². The Labute approximate surface area is 107 Å². The van der Waals surface area contributed by atoms with Gasteiger partial charge in [-0.05, 0) is 22.8 Å². The van der Waals surface area contributed by atoms with Gasteiger partial charge in [0.2, 0.25) is 5.91 Å². The predicted molar refractivity (Wildman–Crippen MR) is 74.1 cm³/mol. The summed E-state index contributed by atoms with van der Waals surface area (Å²) in [4.78, 5) is 11.4. The van der Waals surface area contributed by atoms with Crippen LogP contribution in [0.3, 0.4) is 0 Å². The monoisotopic (exact) mass is 237 g/mol. The van der Waals surface area contributed by atoms with Crippen LogP contribution >= 0.6 is 0 Å². The van der Waals surface area contributed by atoms with Gasteiger partial charge in [-0.1, -0.05) is 48.4 Å². The lowest BCUT2D eigenvalue weighted by Crippen LogP contribution is -2.23. The van der Waals surface area contributed by atoms with Crippen molar-refractivity contribution in [3.05, 3.63) is 48.0 Å². The molecule has 0 atom stereocenters. The van der Waals surface area contributed by atoms with Gasteiger partial charge in [0.05, 0.1) is 6.54 Å². The lowest BCUT2D eigenvalue weighted by Gasteiger charge is -2.04. The highest BCUT2D eigenvalue weighted by Crippen LogP contribution is 2.16. The van der Waals surface area contributed by atoms with Gasteiger partial charge >= 0.3 is 0 Å². The summed E-state index contributed by atoms with van der Waals surface area (Å²) < 4.78 is 0. The summed E-state index contributed by atoms with van der Waals surface area (Å²) >= 11 is 0. The van der Waals surface area contributed by atoms with Gasteiger partial charge in [0.15, 0.2) is 0 Å². The maximum absolute atomic E-state index is 11.4. The van der Waals surface area contributed by atoms with Crippen molar-refractivity contribution in [3.8, 4) is 12.3 Å². The van der Waals surface area contributed by atoms with Crippen molar-refractivity contribution in [3.63, 3.8) is 0 Å². The number of carbonyl (C=O) groups is 1. The number of terminal acetylenes is 1. The maximum atomic E-state index is 11.4. The van der Waals surface area contributed by atoms with Crippen LogP contribution in [0.15, 0.2) is 42.5 Å². The Hall–Kier alpha value is -2.27. The molecule has 2 heteroatoms. The third-order valence-corrected chi connectivity index (χ3v) is 2.84. The highest BCUT2D eigenvalue weighted by molar-refractivity contribution is 5.83. The van der Waals surface area contributed by atoms with Crippen molar-refractivity contribution in [2.24, 2.45) is 0 Å². The van der Waals surface area contributed by atoms with E-state index in [1.54, 1.807) is 0 Å². The zero-order chi connectivity index (χ0) is 12.8. The highest BCUT2D eigenvalue weighted by atomic mass is 16.1. The van der Waals surface area contributed by atoms with Crippen LogP contribution in [0.5, 0.6) is 0 Å². The molecule has 0 aliphatic carbocycles. The van der Waals surface area contributed by atoms with Crippen molar-refractivity contribution in [2.75, 3.05) is 6.54 Å². The SMILES string of the molecule is C#CCNC(=O)CCc1ccc2ccccc2c1. The minimum Gasteiger partial charge on any atom is -0.345 e. The fourth-order valence-electron chi connectivity index (χ4n) is 1.89. The molecular weight excluding hydrogens is 222 g/mol. The standard InChI is InChI=1S/C16H15NO/c1-2-11-17-16(18)10-8-13-7-9-14-5-3-4-6-15(14)12-13/h1,3-7,9,12H,8,10-11H2,(H,17,18). The molecule has 2 aromatic rings. The van der Waals surface area contributed by atoms with Gasteiger partial charge in [0.1, 0.15) is 0 Å². The van der Waals surface area contributed by atoms with Crippen LogP contribution in [0.1, 0.15) is 12.0 Å². The lowest BCUT2D eigenvalue weighted by molar-refractivity contribution is -0.120. The van der Waals surface area contributed by atoms with E-state index in [2.05, 4.69) is 41.6 Å². The van der Waals surface area contributed by atoms with E-state index in [0.29, 0.717) is 13.0 Å². The first-order valence-electron chi connectivity index (χ1n) is 5.97. The van der Waals surface area contributed by atoms with E-state index < -0.39 is 0 Å². The van der Waals surface area contributed by atoms with Crippen LogP contribution in [-0.4, -0.2) is 12.5 Å². The summed E-state index contributed by atoms with van der Waals surface area (Å²) in [6.07, 6.45) is 6.29. The summed E-state index contributed by atoms with van der Waals surface area (Å²) in [5.74, 6) is 2.39. The van der Waals surface area contributed by atoms with Gasteiger partial charge in [0.25, 0.3) is 0 Å². The van der Waals surface area contributed by atoms with Gasteiger partial charge in [-0.2, -0.15) is 0 Å². The Kier molecular flexibility index (Phi) is 3.98. The molecule has 0 aromatic heterocycles. The van der Waals surface area contributed by atoms with Crippen molar-refractivity contribution < 1.29 is 4.79 Å². The summed E-state index contributed by atoms with van der Waals surface area (Å²) in [7, 11) is 0. The second-order valence-electron chi connectivity index (χ2n) is 4.16. The molecule has 0 fully saturated rings. The molecule has 0 radical (unpaired) electrons. The van der Waals surface area contributed by atoms with E-state index >= 15 is 0 Å².